The maximum absolute atomic E-state index is 12.5. The second kappa shape index (κ2) is 5.59. The largest absolute Gasteiger partial charge is 0.460 e. The first-order valence-corrected chi connectivity index (χ1v) is 7.00. The minimum absolute atomic E-state index is 0.00870. The van der Waals surface area contributed by atoms with Gasteiger partial charge in [0.05, 0.1) is 11.5 Å². The van der Waals surface area contributed by atoms with Gasteiger partial charge < -0.3 is 9.30 Å². The van der Waals surface area contributed by atoms with Crippen LogP contribution in [0.3, 0.4) is 0 Å². The second-order valence-electron chi connectivity index (χ2n) is 5.10. The van der Waals surface area contributed by atoms with Crippen LogP contribution in [0.5, 0.6) is 0 Å². The summed E-state index contributed by atoms with van der Waals surface area (Å²) in [5, 5.41) is 0. The molecule has 0 amide bonds. The van der Waals surface area contributed by atoms with Crippen molar-refractivity contribution in [1.29, 1.82) is 0 Å². The number of hydrogen-bond donors (Lipinski definition) is 0. The highest BCUT2D eigenvalue weighted by Gasteiger charge is 2.30. The van der Waals surface area contributed by atoms with Crippen molar-refractivity contribution in [1.82, 2.24) is 4.57 Å². The number of pyridine rings is 1. The van der Waals surface area contributed by atoms with Crippen molar-refractivity contribution < 1.29 is 9.53 Å². The van der Waals surface area contributed by atoms with Crippen LogP contribution in [-0.4, -0.2) is 10.5 Å². The zero-order valence-electron chi connectivity index (χ0n) is 11.9. The Balaban J connectivity index is 2.51. The van der Waals surface area contributed by atoms with Crippen LogP contribution in [-0.2, 0) is 22.7 Å². The van der Waals surface area contributed by atoms with Crippen LogP contribution in [0.25, 0.3) is 0 Å². The molecular weight excluding hydrogens is 242 g/mol. The fourth-order valence-electron chi connectivity index (χ4n) is 2.64. The molecule has 0 radical (unpaired) electrons. The molecule has 1 aliphatic rings. The molecule has 0 bridgehead atoms. The van der Waals surface area contributed by atoms with Gasteiger partial charge in [-0.05, 0) is 31.4 Å². The Kier molecular flexibility index (Phi) is 4.08. The van der Waals surface area contributed by atoms with Crippen LogP contribution in [0.15, 0.2) is 10.9 Å². The predicted octanol–water partition coefficient (Wildman–Crippen LogP) is 2.51. The smallest absolute Gasteiger partial charge is 0.313 e. The number of aromatic nitrogens is 1. The van der Waals surface area contributed by atoms with Gasteiger partial charge in [0.25, 0.3) is 5.56 Å². The summed E-state index contributed by atoms with van der Waals surface area (Å²) in [6, 6.07) is 1.99. The lowest BCUT2D eigenvalue weighted by Crippen LogP contribution is -2.33. The number of fused-ring (bicyclic) bond motifs is 1. The molecular formula is C15H21NO3. The van der Waals surface area contributed by atoms with Gasteiger partial charge in [0.2, 0.25) is 0 Å². The highest BCUT2D eigenvalue weighted by molar-refractivity contribution is 5.80. The van der Waals surface area contributed by atoms with Gasteiger partial charge in [-0.1, -0.05) is 20.3 Å². The average molecular weight is 263 g/mol. The van der Waals surface area contributed by atoms with Gasteiger partial charge >= 0.3 is 5.97 Å². The van der Waals surface area contributed by atoms with E-state index in [1.54, 1.807) is 4.57 Å². The molecule has 1 aromatic rings. The Labute approximate surface area is 113 Å². The normalized spacial score (nSPS) is 18.1. The van der Waals surface area contributed by atoms with Crippen LogP contribution in [0, 0.1) is 6.92 Å². The maximum atomic E-state index is 12.5. The quantitative estimate of drug-likeness (QED) is 0.784. The van der Waals surface area contributed by atoms with Crippen molar-refractivity contribution >= 4 is 5.97 Å². The Morgan fingerprint density at radius 2 is 2.11 bits per heavy atom. The van der Waals surface area contributed by atoms with Crippen LogP contribution >= 0.6 is 0 Å². The molecule has 1 aromatic heterocycles. The van der Waals surface area contributed by atoms with Crippen molar-refractivity contribution in [2.75, 3.05) is 0 Å². The third-order valence-corrected chi connectivity index (χ3v) is 3.80. The van der Waals surface area contributed by atoms with E-state index in [0.29, 0.717) is 12.0 Å². The van der Waals surface area contributed by atoms with E-state index < -0.39 is 0 Å². The first kappa shape index (κ1) is 13.8. The van der Waals surface area contributed by atoms with Crippen molar-refractivity contribution in [2.45, 2.75) is 59.1 Å². The molecule has 4 heteroatoms. The Morgan fingerprint density at radius 3 is 2.74 bits per heavy atom. The van der Waals surface area contributed by atoms with Gasteiger partial charge in [-0.3, -0.25) is 9.59 Å². The van der Waals surface area contributed by atoms with Gasteiger partial charge in [-0.2, -0.15) is 0 Å². The molecule has 0 aliphatic carbocycles. The third kappa shape index (κ3) is 2.44. The standard InChI is InChI=1S/C15H21NO3/c1-4-6-7-16-10(3)8-12-11(5-2)15(18)19-9-13(12)14(16)17/h8,11H,4-7,9H2,1-3H3. The van der Waals surface area contributed by atoms with Crippen molar-refractivity contribution in [2.24, 2.45) is 0 Å². The molecule has 1 unspecified atom stereocenters. The molecule has 0 saturated carbocycles. The summed E-state index contributed by atoms with van der Waals surface area (Å²) < 4.78 is 6.94. The molecule has 0 saturated heterocycles. The Bertz CT molecular complexity index is 545. The number of unbranched alkanes of at least 4 members (excludes halogenated alkanes) is 1. The molecule has 0 N–H and O–H groups in total. The number of hydrogen-bond acceptors (Lipinski definition) is 3. The number of carbonyl (C=O) groups excluding carboxylic acids is 1. The van der Waals surface area contributed by atoms with Gasteiger partial charge in [0.15, 0.2) is 0 Å². The number of rotatable bonds is 4. The van der Waals surface area contributed by atoms with E-state index in [0.717, 1.165) is 30.6 Å². The summed E-state index contributed by atoms with van der Waals surface area (Å²) in [5.41, 5.74) is 2.47. The Morgan fingerprint density at radius 1 is 1.37 bits per heavy atom. The highest BCUT2D eigenvalue weighted by atomic mass is 16.5. The predicted molar refractivity (Wildman–Crippen MR) is 73.2 cm³/mol. The zero-order valence-corrected chi connectivity index (χ0v) is 11.9. The first-order valence-electron chi connectivity index (χ1n) is 7.00. The summed E-state index contributed by atoms with van der Waals surface area (Å²) in [4.78, 5) is 24.2. The molecule has 2 rings (SSSR count). The van der Waals surface area contributed by atoms with Gasteiger partial charge in [-0.25, -0.2) is 0 Å². The number of cyclic esters (lactones) is 1. The fraction of sp³-hybridized carbons (Fsp3) is 0.600. The molecule has 1 aliphatic heterocycles. The van der Waals surface area contributed by atoms with E-state index in [2.05, 4.69) is 6.92 Å². The molecule has 0 aromatic carbocycles. The Hall–Kier alpha value is -1.58. The van der Waals surface area contributed by atoms with Crippen molar-refractivity contribution in [3.8, 4) is 0 Å². The first-order chi connectivity index (χ1) is 9.10. The molecule has 1 atom stereocenters. The summed E-state index contributed by atoms with van der Waals surface area (Å²) in [5.74, 6) is -0.490. The van der Waals surface area contributed by atoms with E-state index in [1.165, 1.54) is 0 Å². The molecule has 19 heavy (non-hydrogen) atoms. The summed E-state index contributed by atoms with van der Waals surface area (Å²) in [6.45, 7) is 6.84. The van der Waals surface area contributed by atoms with Crippen LogP contribution in [0.2, 0.25) is 0 Å². The minimum atomic E-state index is -0.282. The number of aryl methyl sites for hydroxylation is 1. The zero-order chi connectivity index (χ0) is 14.0. The molecule has 0 fully saturated rings. The molecule has 0 spiro atoms. The number of carbonyl (C=O) groups is 1. The van der Waals surface area contributed by atoms with Gasteiger partial charge in [-0.15, -0.1) is 0 Å². The SMILES string of the molecule is CCCCn1c(C)cc2c(c1=O)COC(=O)C2CC. The summed E-state index contributed by atoms with van der Waals surface area (Å²) >= 11 is 0. The number of nitrogens with zero attached hydrogens (tertiary/aromatic N) is 1. The second-order valence-corrected chi connectivity index (χ2v) is 5.10. The van der Waals surface area contributed by atoms with Crippen molar-refractivity contribution in [3.05, 3.63) is 33.2 Å². The monoisotopic (exact) mass is 263 g/mol. The van der Waals surface area contributed by atoms with E-state index in [4.69, 9.17) is 4.74 Å². The lowest BCUT2D eigenvalue weighted by atomic mass is 9.91. The average Bonchev–Trinajstić information content (AvgIpc) is 2.38. The highest BCUT2D eigenvalue weighted by Crippen LogP contribution is 2.28. The van der Waals surface area contributed by atoms with E-state index in [1.807, 2.05) is 19.9 Å². The summed E-state index contributed by atoms with van der Waals surface area (Å²) in [6.07, 6.45) is 2.70. The topological polar surface area (TPSA) is 48.3 Å². The number of ether oxygens (including phenoxy) is 1. The van der Waals surface area contributed by atoms with Gasteiger partial charge in [0.1, 0.15) is 6.61 Å². The fourth-order valence-corrected chi connectivity index (χ4v) is 2.64. The minimum Gasteiger partial charge on any atom is -0.460 e. The van der Waals surface area contributed by atoms with E-state index in [9.17, 15) is 9.59 Å². The van der Waals surface area contributed by atoms with Crippen LogP contribution in [0.1, 0.15) is 55.8 Å². The lowest BCUT2D eigenvalue weighted by molar-refractivity contribution is -0.148. The lowest BCUT2D eigenvalue weighted by Gasteiger charge is -2.25. The van der Waals surface area contributed by atoms with E-state index >= 15 is 0 Å². The third-order valence-electron chi connectivity index (χ3n) is 3.80. The summed E-state index contributed by atoms with van der Waals surface area (Å²) in [7, 11) is 0. The van der Waals surface area contributed by atoms with Crippen LogP contribution in [0.4, 0.5) is 0 Å². The van der Waals surface area contributed by atoms with Crippen molar-refractivity contribution in [3.63, 3.8) is 0 Å². The molecule has 2 heterocycles. The van der Waals surface area contributed by atoms with Gasteiger partial charge in [0, 0.05) is 12.2 Å². The maximum Gasteiger partial charge on any atom is 0.313 e. The molecule has 4 nitrogen and oxygen atoms in total. The van der Waals surface area contributed by atoms with E-state index in [-0.39, 0.29) is 24.1 Å². The van der Waals surface area contributed by atoms with Crippen LogP contribution < -0.4 is 5.56 Å². The number of esters is 1. The molecule has 104 valence electrons.